The van der Waals surface area contributed by atoms with Crippen LogP contribution in [-0.4, -0.2) is 62.2 Å². The second-order valence-corrected chi connectivity index (χ2v) is 6.83. The van der Waals surface area contributed by atoms with Crippen LogP contribution in [0.5, 0.6) is 0 Å². The van der Waals surface area contributed by atoms with E-state index >= 15 is 0 Å². The number of piperazine rings is 1. The zero-order valence-corrected chi connectivity index (χ0v) is 12.5. The summed E-state index contributed by atoms with van der Waals surface area (Å²) in [5.74, 6) is 2.66. The zero-order valence-electron chi connectivity index (χ0n) is 12.5. The van der Waals surface area contributed by atoms with Gasteiger partial charge in [0.2, 0.25) is 0 Å². The van der Waals surface area contributed by atoms with Crippen LogP contribution >= 0.6 is 0 Å². The molecule has 2 aliphatic carbocycles. The van der Waals surface area contributed by atoms with Crippen LogP contribution in [0.4, 0.5) is 0 Å². The molecule has 0 aromatic heterocycles. The highest BCUT2D eigenvalue weighted by Crippen LogP contribution is 2.44. The molecular formula is C16H29N3. The molecule has 3 aliphatic rings. The van der Waals surface area contributed by atoms with Gasteiger partial charge < -0.3 is 10.2 Å². The third kappa shape index (κ3) is 3.21. The van der Waals surface area contributed by atoms with Crippen molar-refractivity contribution in [1.29, 1.82) is 0 Å². The van der Waals surface area contributed by atoms with Crippen LogP contribution in [0.1, 0.15) is 19.8 Å². The molecule has 0 radical (unpaired) electrons. The highest BCUT2D eigenvalue weighted by Gasteiger charge is 2.38. The number of rotatable bonds is 5. The van der Waals surface area contributed by atoms with Crippen LogP contribution < -0.4 is 5.32 Å². The van der Waals surface area contributed by atoms with Crippen molar-refractivity contribution < 1.29 is 0 Å². The van der Waals surface area contributed by atoms with E-state index in [0.29, 0.717) is 6.04 Å². The molecule has 3 nitrogen and oxygen atoms in total. The standard InChI is InChI=1S/C16H29N3/c1-13(16-12-14-3-4-15(16)11-14)17-5-6-19-9-7-18(2)8-10-19/h3-4,13-17H,5-12H2,1-2H3. The monoisotopic (exact) mass is 263 g/mol. The molecule has 1 aliphatic heterocycles. The van der Waals surface area contributed by atoms with Crippen molar-refractivity contribution >= 4 is 0 Å². The molecule has 4 unspecified atom stereocenters. The summed E-state index contributed by atoms with van der Waals surface area (Å²) in [7, 11) is 2.22. The van der Waals surface area contributed by atoms with Gasteiger partial charge in [-0.25, -0.2) is 0 Å². The minimum atomic E-state index is 0.687. The van der Waals surface area contributed by atoms with Gasteiger partial charge in [-0.1, -0.05) is 12.2 Å². The van der Waals surface area contributed by atoms with Gasteiger partial charge in [-0.05, 0) is 44.6 Å². The molecule has 1 N–H and O–H groups in total. The summed E-state index contributed by atoms with van der Waals surface area (Å²) in [6, 6.07) is 0.687. The second-order valence-electron chi connectivity index (χ2n) is 6.83. The van der Waals surface area contributed by atoms with E-state index in [2.05, 4.69) is 41.2 Å². The average Bonchev–Trinajstić information content (AvgIpc) is 3.03. The van der Waals surface area contributed by atoms with Gasteiger partial charge in [0, 0.05) is 45.3 Å². The summed E-state index contributed by atoms with van der Waals surface area (Å²) in [4.78, 5) is 5.02. The predicted molar refractivity (Wildman–Crippen MR) is 80.2 cm³/mol. The Hall–Kier alpha value is -0.380. The van der Waals surface area contributed by atoms with Gasteiger partial charge in [-0.2, -0.15) is 0 Å². The molecule has 0 amide bonds. The molecule has 108 valence electrons. The summed E-state index contributed by atoms with van der Waals surface area (Å²) in [6.45, 7) is 9.70. The van der Waals surface area contributed by atoms with Crippen LogP contribution in [0.25, 0.3) is 0 Å². The SMILES string of the molecule is CC(NCCN1CCN(C)CC1)C1CC2C=CC1C2. The Labute approximate surface area is 118 Å². The lowest BCUT2D eigenvalue weighted by Gasteiger charge is -2.33. The molecule has 3 heteroatoms. The first-order chi connectivity index (χ1) is 9.22. The summed E-state index contributed by atoms with van der Waals surface area (Å²) in [5.41, 5.74) is 0. The van der Waals surface area contributed by atoms with Gasteiger partial charge in [-0.15, -0.1) is 0 Å². The van der Waals surface area contributed by atoms with Crippen molar-refractivity contribution in [3.63, 3.8) is 0 Å². The first-order valence-electron chi connectivity index (χ1n) is 8.05. The van der Waals surface area contributed by atoms with E-state index in [4.69, 9.17) is 0 Å². The largest absolute Gasteiger partial charge is 0.313 e. The number of nitrogens with zero attached hydrogens (tertiary/aromatic N) is 2. The Balaban J connectivity index is 1.35. The molecule has 2 fully saturated rings. The van der Waals surface area contributed by atoms with E-state index in [-0.39, 0.29) is 0 Å². The van der Waals surface area contributed by atoms with Crippen LogP contribution in [0.15, 0.2) is 12.2 Å². The smallest absolute Gasteiger partial charge is 0.0110 e. The normalized spacial score (nSPS) is 37.1. The number of nitrogens with one attached hydrogen (secondary N) is 1. The van der Waals surface area contributed by atoms with Gasteiger partial charge >= 0.3 is 0 Å². The third-order valence-corrected chi connectivity index (χ3v) is 5.46. The highest BCUT2D eigenvalue weighted by atomic mass is 15.2. The maximum atomic E-state index is 3.78. The van der Waals surface area contributed by atoms with E-state index in [1.807, 2.05) is 0 Å². The van der Waals surface area contributed by atoms with E-state index in [1.54, 1.807) is 0 Å². The number of hydrogen-bond acceptors (Lipinski definition) is 3. The molecule has 2 bridgehead atoms. The Kier molecular flexibility index (Phi) is 4.25. The fourth-order valence-corrected chi connectivity index (χ4v) is 4.07. The predicted octanol–water partition coefficient (Wildman–Crippen LogP) is 1.42. The van der Waals surface area contributed by atoms with E-state index in [0.717, 1.165) is 24.3 Å². The number of allylic oxidation sites excluding steroid dienone is 2. The number of hydrogen-bond donors (Lipinski definition) is 1. The number of fused-ring (bicyclic) bond motifs is 2. The van der Waals surface area contributed by atoms with Gasteiger partial charge in [-0.3, -0.25) is 4.90 Å². The van der Waals surface area contributed by atoms with E-state index in [1.165, 1.54) is 45.6 Å². The van der Waals surface area contributed by atoms with Crippen LogP contribution in [0.2, 0.25) is 0 Å². The summed E-state index contributed by atoms with van der Waals surface area (Å²) in [6.07, 6.45) is 7.76. The van der Waals surface area contributed by atoms with Crippen LogP contribution in [-0.2, 0) is 0 Å². The topological polar surface area (TPSA) is 18.5 Å². The van der Waals surface area contributed by atoms with Gasteiger partial charge in [0.15, 0.2) is 0 Å². The van der Waals surface area contributed by atoms with E-state index in [9.17, 15) is 0 Å². The maximum absolute atomic E-state index is 3.78. The molecule has 1 saturated carbocycles. The Morgan fingerprint density at radius 2 is 1.95 bits per heavy atom. The number of likely N-dealkylation sites (N-methyl/N-ethyl adjacent to an activating group) is 1. The van der Waals surface area contributed by atoms with Crippen molar-refractivity contribution in [2.45, 2.75) is 25.8 Å². The van der Waals surface area contributed by atoms with Crippen LogP contribution in [0, 0.1) is 17.8 Å². The maximum Gasteiger partial charge on any atom is 0.0110 e. The van der Waals surface area contributed by atoms with Gasteiger partial charge in [0.1, 0.15) is 0 Å². The van der Waals surface area contributed by atoms with Crippen molar-refractivity contribution in [3.8, 4) is 0 Å². The first-order valence-corrected chi connectivity index (χ1v) is 8.05. The lowest BCUT2D eigenvalue weighted by Crippen LogP contribution is -2.47. The van der Waals surface area contributed by atoms with Crippen LogP contribution in [0.3, 0.4) is 0 Å². The fraction of sp³-hybridized carbons (Fsp3) is 0.875. The molecule has 0 aromatic rings. The molecule has 4 atom stereocenters. The fourth-order valence-electron chi connectivity index (χ4n) is 4.07. The molecular weight excluding hydrogens is 234 g/mol. The minimum Gasteiger partial charge on any atom is -0.313 e. The zero-order chi connectivity index (χ0) is 13.2. The van der Waals surface area contributed by atoms with Crippen molar-refractivity contribution in [2.75, 3.05) is 46.3 Å². The lowest BCUT2D eigenvalue weighted by atomic mass is 9.87. The summed E-state index contributed by atoms with van der Waals surface area (Å²) >= 11 is 0. The van der Waals surface area contributed by atoms with Gasteiger partial charge in [0.05, 0.1) is 0 Å². The highest BCUT2D eigenvalue weighted by molar-refractivity contribution is 5.11. The molecule has 3 rings (SSSR count). The van der Waals surface area contributed by atoms with Crippen molar-refractivity contribution in [2.24, 2.45) is 17.8 Å². The second kappa shape index (κ2) is 5.94. The molecule has 0 spiro atoms. The third-order valence-electron chi connectivity index (χ3n) is 5.46. The molecule has 1 saturated heterocycles. The molecule has 19 heavy (non-hydrogen) atoms. The molecule has 0 aromatic carbocycles. The van der Waals surface area contributed by atoms with Crippen molar-refractivity contribution in [3.05, 3.63) is 12.2 Å². The quantitative estimate of drug-likeness (QED) is 0.757. The van der Waals surface area contributed by atoms with E-state index < -0.39 is 0 Å². The lowest BCUT2D eigenvalue weighted by molar-refractivity contribution is 0.152. The summed E-state index contributed by atoms with van der Waals surface area (Å²) < 4.78 is 0. The molecule has 1 heterocycles. The van der Waals surface area contributed by atoms with Crippen molar-refractivity contribution in [1.82, 2.24) is 15.1 Å². The van der Waals surface area contributed by atoms with Gasteiger partial charge in [0.25, 0.3) is 0 Å². The minimum absolute atomic E-state index is 0.687. The summed E-state index contributed by atoms with van der Waals surface area (Å²) in [5, 5.41) is 3.78. The first kappa shape index (κ1) is 13.6. The Morgan fingerprint density at radius 1 is 1.16 bits per heavy atom. The Bertz CT molecular complexity index is 320. The average molecular weight is 263 g/mol. The Morgan fingerprint density at radius 3 is 2.58 bits per heavy atom.